The molecule has 0 saturated carbocycles. The number of aryl methyl sites for hydroxylation is 2. The minimum Gasteiger partial charge on any atom is -0.359 e. The summed E-state index contributed by atoms with van der Waals surface area (Å²) < 4.78 is 0. The molecule has 0 aromatic heterocycles. The predicted molar refractivity (Wildman–Crippen MR) is 71.3 cm³/mol. The monoisotopic (exact) mass is 260 g/mol. The summed E-state index contributed by atoms with van der Waals surface area (Å²) in [6.45, 7) is 3.98. The first-order chi connectivity index (χ1) is 8.95. The van der Waals surface area contributed by atoms with Gasteiger partial charge in [-0.05, 0) is 31.0 Å². The first-order valence-electron chi connectivity index (χ1n) is 6.13. The Balaban J connectivity index is 2.36. The Kier molecular flexibility index (Phi) is 3.38. The Hall–Kier alpha value is -2.17. The minimum absolute atomic E-state index is 0.154. The number of hydrogen-bond donors (Lipinski definition) is 1. The number of carbonyl (C=O) groups is 3. The standard InChI is InChI=1S/C14H16N2O3/c1-8-6-9(2)12-10(7-8)13(18)14(19)16(12)5-4-11(17)15-3/h6-7H,4-5H2,1-3H3,(H,15,17). The quantitative estimate of drug-likeness (QED) is 0.823. The molecular formula is C14H16N2O3. The lowest BCUT2D eigenvalue weighted by Crippen LogP contribution is -2.33. The lowest BCUT2D eigenvalue weighted by atomic mass is 10.0. The maximum atomic E-state index is 12.0. The van der Waals surface area contributed by atoms with Crippen molar-refractivity contribution in [3.63, 3.8) is 0 Å². The maximum absolute atomic E-state index is 12.0. The smallest absolute Gasteiger partial charge is 0.299 e. The van der Waals surface area contributed by atoms with Crippen molar-refractivity contribution in [1.82, 2.24) is 5.32 Å². The van der Waals surface area contributed by atoms with Crippen LogP contribution < -0.4 is 10.2 Å². The van der Waals surface area contributed by atoms with Crippen molar-refractivity contribution < 1.29 is 14.4 Å². The zero-order valence-electron chi connectivity index (χ0n) is 11.2. The van der Waals surface area contributed by atoms with Crippen LogP contribution in [0, 0.1) is 13.8 Å². The normalized spacial score (nSPS) is 13.7. The molecule has 0 bridgehead atoms. The van der Waals surface area contributed by atoms with Crippen LogP contribution >= 0.6 is 0 Å². The molecule has 0 radical (unpaired) electrons. The van der Waals surface area contributed by atoms with Crippen molar-refractivity contribution in [1.29, 1.82) is 0 Å². The molecule has 19 heavy (non-hydrogen) atoms. The van der Waals surface area contributed by atoms with Gasteiger partial charge < -0.3 is 10.2 Å². The lowest BCUT2D eigenvalue weighted by Gasteiger charge is -2.18. The number of benzene rings is 1. The largest absolute Gasteiger partial charge is 0.359 e. The molecule has 5 heteroatoms. The Morgan fingerprint density at radius 2 is 1.95 bits per heavy atom. The van der Waals surface area contributed by atoms with E-state index in [9.17, 15) is 14.4 Å². The number of rotatable bonds is 3. The van der Waals surface area contributed by atoms with Gasteiger partial charge in [0, 0.05) is 20.0 Å². The van der Waals surface area contributed by atoms with E-state index in [0.29, 0.717) is 11.3 Å². The number of nitrogens with zero attached hydrogens (tertiary/aromatic N) is 1. The summed E-state index contributed by atoms with van der Waals surface area (Å²) in [5.41, 5.74) is 2.92. The average Bonchev–Trinajstić information content (AvgIpc) is 2.60. The number of amides is 2. The summed E-state index contributed by atoms with van der Waals surface area (Å²) in [4.78, 5) is 36.6. The highest BCUT2D eigenvalue weighted by Gasteiger charge is 2.36. The summed E-state index contributed by atoms with van der Waals surface area (Å²) in [5.74, 6) is -1.19. The summed E-state index contributed by atoms with van der Waals surface area (Å²) in [6, 6.07) is 3.65. The summed E-state index contributed by atoms with van der Waals surface area (Å²) in [7, 11) is 1.54. The van der Waals surface area contributed by atoms with Crippen LogP contribution in [0.2, 0.25) is 0 Å². The van der Waals surface area contributed by atoms with Crippen LogP contribution in [0.3, 0.4) is 0 Å². The molecule has 2 rings (SSSR count). The lowest BCUT2D eigenvalue weighted by molar-refractivity contribution is -0.120. The van der Waals surface area contributed by atoms with Crippen molar-refractivity contribution in [3.8, 4) is 0 Å². The summed E-state index contributed by atoms with van der Waals surface area (Å²) in [6.07, 6.45) is 0.183. The Bertz CT molecular complexity index is 578. The van der Waals surface area contributed by atoms with Gasteiger partial charge in [0.15, 0.2) is 0 Å². The Morgan fingerprint density at radius 3 is 2.58 bits per heavy atom. The van der Waals surface area contributed by atoms with Gasteiger partial charge in [0.25, 0.3) is 11.7 Å². The van der Waals surface area contributed by atoms with Gasteiger partial charge in [-0.2, -0.15) is 0 Å². The molecule has 0 spiro atoms. The SMILES string of the molecule is CNC(=O)CCN1C(=O)C(=O)c2cc(C)cc(C)c21. The van der Waals surface area contributed by atoms with Gasteiger partial charge in [0.2, 0.25) is 5.91 Å². The molecule has 0 aliphatic carbocycles. The van der Waals surface area contributed by atoms with E-state index in [-0.39, 0.29) is 18.9 Å². The van der Waals surface area contributed by atoms with E-state index in [2.05, 4.69) is 5.32 Å². The first kappa shape index (κ1) is 13.3. The number of Topliss-reactive ketones (excluding diaryl/α,β-unsaturated/α-hetero) is 1. The maximum Gasteiger partial charge on any atom is 0.299 e. The summed E-state index contributed by atoms with van der Waals surface area (Å²) >= 11 is 0. The van der Waals surface area contributed by atoms with E-state index in [4.69, 9.17) is 0 Å². The fraction of sp³-hybridized carbons (Fsp3) is 0.357. The van der Waals surface area contributed by atoms with Crippen molar-refractivity contribution in [2.45, 2.75) is 20.3 Å². The predicted octanol–water partition coefficient (Wildman–Crippen LogP) is 0.969. The van der Waals surface area contributed by atoms with E-state index in [0.717, 1.165) is 11.1 Å². The molecule has 0 atom stereocenters. The molecule has 0 unspecified atom stereocenters. The molecule has 5 nitrogen and oxygen atoms in total. The van der Waals surface area contributed by atoms with Crippen molar-refractivity contribution in [2.24, 2.45) is 0 Å². The molecule has 1 aromatic carbocycles. The van der Waals surface area contributed by atoms with E-state index in [1.165, 1.54) is 4.90 Å². The fourth-order valence-electron chi connectivity index (χ4n) is 2.38. The third kappa shape index (κ3) is 2.23. The second-order valence-corrected chi connectivity index (χ2v) is 4.69. The number of hydrogen-bond acceptors (Lipinski definition) is 3. The zero-order valence-corrected chi connectivity index (χ0v) is 11.2. The second-order valence-electron chi connectivity index (χ2n) is 4.69. The molecule has 0 saturated heterocycles. The van der Waals surface area contributed by atoms with Crippen LogP contribution in [0.4, 0.5) is 5.69 Å². The van der Waals surface area contributed by atoms with Crippen molar-refractivity contribution >= 4 is 23.3 Å². The number of carbonyl (C=O) groups excluding carboxylic acids is 3. The number of nitrogens with one attached hydrogen (secondary N) is 1. The van der Waals surface area contributed by atoms with Crippen molar-refractivity contribution in [2.75, 3.05) is 18.5 Å². The fourth-order valence-corrected chi connectivity index (χ4v) is 2.38. The molecule has 100 valence electrons. The highest BCUT2D eigenvalue weighted by molar-refractivity contribution is 6.52. The minimum atomic E-state index is -0.549. The van der Waals surface area contributed by atoms with Gasteiger partial charge in [-0.3, -0.25) is 14.4 Å². The van der Waals surface area contributed by atoms with Crippen LogP contribution in [0.15, 0.2) is 12.1 Å². The van der Waals surface area contributed by atoms with Gasteiger partial charge in [0.05, 0.1) is 11.3 Å². The molecule has 1 aromatic rings. The topological polar surface area (TPSA) is 66.5 Å². The third-order valence-electron chi connectivity index (χ3n) is 3.24. The van der Waals surface area contributed by atoms with Crippen molar-refractivity contribution in [3.05, 3.63) is 28.8 Å². The third-order valence-corrected chi connectivity index (χ3v) is 3.24. The molecular weight excluding hydrogens is 244 g/mol. The molecule has 1 heterocycles. The van der Waals surface area contributed by atoms with Gasteiger partial charge in [-0.15, -0.1) is 0 Å². The van der Waals surface area contributed by atoms with Gasteiger partial charge in [0.1, 0.15) is 0 Å². The number of fused-ring (bicyclic) bond motifs is 1. The first-order valence-corrected chi connectivity index (χ1v) is 6.13. The van der Waals surface area contributed by atoms with Crippen LogP contribution in [0.5, 0.6) is 0 Å². The van der Waals surface area contributed by atoms with Crippen LogP contribution in [-0.2, 0) is 9.59 Å². The van der Waals surface area contributed by atoms with E-state index >= 15 is 0 Å². The van der Waals surface area contributed by atoms with Crippen LogP contribution in [0.25, 0.3) is 0 Å². The molecule has 0 fully saturated rings. The summed E-state index contributed by atoms with van der Waals surface area (Å²) in [5, 5.41) is 2.50. The Morgan fingerprint density at radius 1 is 1.26 bits per heavy atom. The Labute approximate surface area is 111 Å². The van der Waals surface area contributed by atoms with Gasteiger partial charge in [-0.25, -0.2) is 0 Å². The van der Waals surface area contributed by atoms with Gasteiger partial charge in [-0.1, -0.05) is 6.07 Å². The number of anilines is 1. The highest BCUT2D eigenvalue weighted by Crippen LogP contribution is 2.33. The average molecular weight is 260 g/mol. The van der Waals surface area contributed by atoms with Crippen LogP contribution in [0.1, 0.15) is 27.9 Å². The highest BCUT2D eigenvalue weighted by atomic mass is 16.2. The molecule has 1 aliphatic rings. The second kappa shape index (κ2) is 4.84. The number of ketones is 1. The van der Waals surface area contributed by atoms with E-state index < -0.39 is 11.7 Å². The zero-order chi connectivity index (χ0) is 14.2. The van der Waals surface area contributed by atoms with E-state index in [1.54, 1.807) is 13.1 Å². The molecule has 1 N–H and O–H groups in total. The molecule has 1 aliphatic heterocycles. The van der Waals surface area contributed by atoms with E-state index in [1.807, 2.05) is 19.9 Å². The van der Waals surface area contributed by atoms with Gasteiger partial charge >= 0.3 is 0 Å². The molecule has 2 amide bonds. The van der Waals surface area contributed by atoms with Crippen LogP contribution in [-0.4, -0.2) is 31.2 Å².